The maximum absolute atomic E-state index is 4.15. The second-order valence-electron chi connectivity index (χ2n) is 1.80. The van der Waals surface area contributed by atoms with Crippen LogP contribution >= 0.6 is 8.19 Å². The molecule has 0 saturated carbocycles. The third-order valence-corrected chi connectivity index (χ3v) is 2.18. The lowest BCUT2D eigenvalue weighted by atomic mass is 10.5. The summed E-state index contributed by atoms with van der Waals surface area (Å²) >= 11 is 0. The van der Waals surface area contributed by atoms with Crippen molar-refractivity contribution in [2.45, 2.75) is 0 Å². The monoisotopic (exact) mass is 136 g/mol. The maximum Gasteiger partial charge on any atom is 0.0774 e. The molecule has 1 unspecified atom stereocenters. The molecule has 2 rings (SSSR count). The largest absolute Gasteiger partial charge is 0.264 e. The minimum Gasteiger partial charge on any atom is -0.264 e. The molecule has 3 heteroatoms. The molecule has 2 aromatic rings. The highest BCUT2D eigenvalue weighted by atomic mass is 31.0. The Kier molecular flexibility index (Phi) is 0.998. The van der Waals surface area contributed by atoms with Crippen LogP contribution in [0.25, 0.3) is 10.6 Å². The zero-order valence-corrected chi connectivity index (χ0v) is 5.70. The lowest BCUT2D eigenvalue weighted by Gasteiger charge is -1.81. The number of rotatable bonds is 0. The summed E-state index contributed by atoms with van der Waals surface area (Å²) in [6.07, 6.45) is 3.65. The fourth-order valence-electron chi connectivity index (χ4n) is 0.782. The molecular formula is C6H5N2P. The maximum atomic E-state index is 4.15. The van der Waals surface area contributed by atoms with Gasteiger partial charge in [-0.3, -0.25) is 9.97 Å². The van der Waals surface area contributed by atoms with Gasteiger partial charge in [0.25, 0.3) is 0 Å². The van der Waals surface area contributed by atoms with Crippen LogP contribution in [0.4, 0.5) is 0 Å². The summed E-state index contributed by atoms with van der Waals surface area (Å²) in [5, 5.41) is 1.26. The first-order chi connectivity index (χ1) is 4.47. The Morgan fingerprint density at radius 2 is 2.44 bits per heavy atom. The van der Waals surface area contributed by atoms with Gasteiger partial charge in [0.2, 0.25) is 0 Å². The molecular weight excluding hydrogens is 131 g/mol. The van der Waals surface area contributed by atoms with Gasteiger partial charge >= 0.3 is 0 Å². The fourth-order valence-corrected chi connectivity index (χ4v) is 1.57. The molecule has 0 aliphatic heterocycles. The highest BCUT2D eigenvalue weighted by Gasteiger charge is 1.89. The molecule has 0 bridgehead atoms. The second-order valence-corrected chi connectivity index (χ2v) is 2.88. The van der Waals surface area contributed by atoms with Gasteiger partial charge in [-0.05, 0) is 6.07 Å². The molecule has 0 radical (unpaired) electrons. The predicted octanol–water partition coefficient (Wildman–Crippen LogP) is 1.66. The van der Waals surface area contributed by atoms with Crippen molar-refractivity contribution in [2.75, 3.05) is 0 Å². The third-order valence-electron chi connectivity index (χ3n) is 1.22. The number of aromatic nitrogens is 2. The van der Waals surface area contributed by atoms with Gasteiger partial charge in [0.1, 0.15) is 0 Å². The summed E-state index contributed by atoms with van der Waals surface area (Å²) in [4.78, 5) is 8.13. The van der Waals surface area contributed by atoms with E-state index in [1.165, 1.54) is 5.12 Å². The van der Waals surface area contributed by atoms with E-state index in [0.29, 0.717) is 0 Å². The molecule has 0 N–H and O–H groups in total. The molecule has 0 spiro atoms. The average Bonchev–Trinajstić information content (AvgIpc) is 2.33. The molecule has 2 nitrogen and oxygen atoms in total. The van der Waals surface area contributed by atoms with Crippen molar-refractivity contribution < 1.29 is 0 Å². The molecule has 0 aliphatic rings. The minimum atomic E-state index is 0.726. The Hall–Kier alpha value is -0.880. The normalized spacial score (nSPS) is 11.1. The molecule has 44 valence electrons. The SMILES string of the molecule is c1cc2nc[pH]c2cn1. The first-order valence-electron chi connectivity index (χ1n) is 2.70. The molecule has 0 aromatic carbocycles. The van der Waals surface area contributed by atoms with Crippen LogP contribution in [0.2, 0.25) is 0 Å². The zero-order chi connectivity index (χ0) is 6.10. The van der Waals surface area contributed by atoms with Crippen LogP contribution in [0.1, 0.15) is 0 Å². The van der Waals surface area contributed by atoms with Crippen molar-refractivity contribution in [3.8, 4) is 0 Å². The second kappa shape index (κ2) is 1.82. The van der Waals surface area contributed by atoms with E-state index >= 15 is 0 Å². The van der Waals surface area contributed by atoms with Gasteiger partial charge in [0.05, 0.1) is 5.52 Å². The smallest absolute Gasteiger partial charge is 0.0774 e. The van der Waals surface area contributed by atoms with Crippen LogP contribution in [-0.4, -0.2) is 9.97 Å². The van der Waals surface area contributed by atoms with Gasteiger partial charge in [-0.2, -0.15) is 0 Å². The van der Waals surface area contributed by atoms with Gasteiger partial charge < -0.3 is 0 Å². The highest BCUT2D eigenvalue weighted by molar-refractivity contribution is 7.36. The van der Waals surface area contributed by atoms with Crippen molar-refractivity contribution in [1.29, 1.82) is 0 Å². The summed E-state index contributed by atoms with van der Waals surface area (Å²) in [7, 11) is 0.726. The van der Waals surface area contributed by atoms with E-state index in [1.807, 2.05) is 18.2 Å². The number of hydrogen-bond donors (Lipinski definition) is 0. The standard InChI is InChI=1S/C6H5N2P/c1-2-7-3-6-5(1)8-4-9-6/h1-4,9H. The quantitative estimate of drug-likeness (QED) is 0.550. The van der Waals surface area contributed by atoms with E-state index in [0.717, 1.165) is 13.7 Å². The van der Waals surface area contributed by atoms with Crippen LogP contribution < -0.4 is 0 Å². The van der Waals surface area contributed by atoms with E-state index in [4.69, 9.17) is 0 Å². The lowest BCUT2D eigenvalue weighted by Crippen LogP contribution is -1.66. The topological polar surface area (TPSA) is 25.8 Å². The molecule has 0 aliphatic carbocycles. The summed E-state index contributed by atoms with van der Waals surface area (Å²) in [6.45, 7) is 0. The molecule has 0 fully saturated rings. The van der Waals surface area contributed by atoms with Crippen molar-refractivity contribution in [3.63, 3.8) is 0 Å². The molecule has 1 atom stereocenters. The number of hydrogen-bond acceptors (Lipinski definition) is 2. The van der Waals surface area contributed by atoms with Gasteiger partial charge in [-0.1, -0.05) is 0 Å². The van der Waals surface area contributed by atoms with Gasteiger partial charge in [0, 0.05) is 23.4 Å². The van der Waals surface area contributed by atoms with Gasteiger partial charge in [0.15, 0.2) is 0 Å². The third kappa shape index (κ3) is 0.718. The number of fused-ring (bicyclic) bond motifs is 1. The van der Waals surface area contributed by atoms with E-state index in [2.05, 4.69) is 9.97 Å². The average molecular weight is 136 g/mol. The van der Waals surface area contributed by atoms with E-state index in [9.17, 15) is 0 Å². The first-order valence-corrected chi connectivity index (χ1v) is 3.77. The Morgan fingerprint density at radius 3 is 3.33 bits per heavy atom. The Bertz CT molecular complexity index is 285. The fraction of sp³-hybridized carbons (Fsp3) is 0. The van der Waals surface area contributed by atoms with Crippen molar-refractivity contribution in [1.82, 2.24) is 9.97 Å². The van der Waals surface area contributed by atoms with Crippen molar-refractivity contribution >= 4 is 18.8 Å². The molecule has 2 aromatic heterocycles. The van der Waals surface area contributed by atoms with Crippen LogP contribution in [0.15, 0.2) is 24.4 Å². The Labute approximate surface area is 54.0 Å². The predicted molar refractivity (Wildman–Crippen MR) is 39.0 cm³/mol. The summed E-state index contributed by atoms with van der Waals surface area (Å²) < 4.78 is 0. The van der Waals surface area contributed by atoms with E-state index in [-0.39, 0.29) is 0 Å². The van der Waals surface area contributed by atoms with Gasteiger partial charge in [-0.15, -0.1) is 8.19 Å². The van der Waals surface area contributed by atoms with Gasteiger partial charge in [-0.25, -0.2) is 0 Å². The van der Waals surface area contributed by atoms with E-state index in [1.54, 1.807) is 6.20 Å². The number of pyridine rings is 1. The molecule has 9 heavy (non-hydrogen) atoms. The molecule has 2 heterocycles. The van der Waals surface area contributed by atoms with Crippen LogP contribution in [-0.2, 0) is 0 Å². The zero-order valence-electron chi connectivity index (χ0n) is 4.70. The minimum absolute atomic E-state index is 0.726. The molecule has 0 amide bonds. The molecule has 0 saturated heterocycles. The highest BCUT2D eigenvalue weighted by Crippen LogP contribution is 2.19. The van der Waals surface area contributed by atoms with Crippen LogP contribution in [0.3, 0.4) is 0 Å². The first kappa shape index (κ1) is 4.95. The van der Waals surface area contributed by atoms with Crippen molar-refractivity contribution in [3.05, 3.63) is 24.4 Å². The Morgan fingerprint density at radius 1 is 1.44 bits per heavy atom. The van der Waals surface area contributed by atoms with Crippen LogP contribution in [0.5, 0.6) is 0 Å². The Balaban J connectivity index is 2.95. The van der Waals surface area contributed by atoms with E-state index < -0.39 is 0 Å². The summed E-state index contributed by atoms with van der Waals surface area (Å²) in [5.41, 5.74) is 1.09. The van der Waals surface area contributed by atoms with Crippen molar-refractivity contribution in [2.24, 2.45) is 0 Å². The number of nitrogens with zero attached hydrogens (tertiary/aromatic N) is 2. The van der Waals surface area contributed by atoms with Crippen LogP contribution in [0, 0.1) is 0 Å². The lowest BCUT2D eigenvalue weighted by molar-refractivity contribution is 1.36. The summed E-state index contributed by atoms with van der Waals surface area (Å²) in [5.74, 6) is 1.94. The summed E-state index contributed by atoms with van der Waals surface area (Å²) in [6, 6.07) is 1.94.